The molecule has 0 radical (unpaired) electrons. The molecule has 0 saturated carbocycles. The monoisotopic (exact) mass is 415 g/mol. The number of aryl methyl sites for hydroxylation is 1. The fourth-order valence-electron chi connectivity index (χ4n) is 2.31. The van der Waals surface area contributed by atoms with Crippen LogP contribution in [0, 0.1) is 12.7 Å². The topological polar surface area (TPSA) is 71.1 Å². The number of halogens is 1. The summed E-state index contributed by atoms with van der Waals surface area (Å²) < 4.78 is 13.3. The van der Waals surface area contributed by atoms with Crippen molar-refractivity contribution in [2.24, 2.45) is 0 Å². The molecule has 0 bridgehead atoms. The molecule has 3 aromatic rings. The summed E-state index contributed by atoms with van der Waals surface area (Å²) in [5.41, 5.74) is 7.17. The smallest absolute Gasteiger partial charge is 0.248 e. The highest BCUT2D eigenvalue weighted by Crippen LogP contribution is 2.24. The van der Waals surface area contributed by atoms with Crippen molar-refractivity contribution in [2.45, 2.75) is 18.2 Å². The molecule has 0 aliphatic heterocycles. The van der Waals surface area contributed by atoms with Gasteiger partial charge in [-0.3, -0.25) is 20.4 Å². The Balaban J connectivity index is 1.44. The Labute approximate surface area is 170 Å². The largest absolute Gasteiger partial charge is 0.273 e. The van der Waals surface area contributed by atoms with Gasteiger partial charge < -0.3 is 0 Å². The van der Waals surface area contributed by atoms with Crippen LogP contribution in [0.25, 0.3) is 10.6 Å². The number of aromatic nitrogens is 1. The van der Waals surface area contributed by atoms with Crippen molar-refractivity contribution in [1.29, 1.82) is 0 Å². The Bertz CT molecular complexity index is 974. The Kier molecular flexibility index (Phi) is 6.78. The zero-order chi connectivity index (χ0) is 19.9. The summed E-state index contributed by atoms with van der Waals surface area (Å²) in [5, 5.41) is 2.38. The molecule has 2 amide bonds. The van der Waals surface area contributed by atoms with Crippen molar-refractivity contribution < 1.29 is 14.0 Å². The lowest BCUT2D eigenvalue weighted by Gasteiger charge is -2.06. The van der Waals surface area contributed by atoms with Crippen molar-refractivity contribution in [3.63, 3.8) is 0 Å². The number of nitrogens with one attached hydrogen (secondary N) is 2. The minimum Gasteiger partial charge on any atom is -0.273 e. The number of amides is 2. The number of benzene rings is 2. The molecule has 0 atom stereocenters. The molecule has 8 heteroatoms. The maximum atomic E-state index is 13.3. The van der Waals surface area contributed by atoms with Gasteiger partial charge in [-0.2, -0.15) is 0 Å². The molecule has 0 aliphatic rings. The van der Waals surface area contributed by atoms with Gasteiger partial charge in [0.25, 0.3) is 0 Å². The van der Waals surface area contributed by atoms with Gasteiger partial charge in [0, 0.05) is 15.8 Å². The number of hydrogen-bond acceptors (Lipinski definition) is 5. The van der Waals surface area contributed by atoms with Crippen molar-refractivity contribution in [3.05, 3.63) is 71.0 Å². The Hall–Kier alpha value is -2.71. The number of carbonyl (C=O) groups excluding carboxylic acids is 2. The van der Waals surface area contributed by atoms with E-state index in [1.807, 2.05) is 31.2 Å². The quantitative estimate of drug-likeness (QED) is 0.475. The molecule has 0 spiro atoms. The lowest BCUT2D eigenvalue weighted by Crippen LogP contribution is -2.43. The van der Waals surface area contributed by atoms with E-state index in [0.29, 0.717) is 16.3 Å². The van der Waals surface area contributed by atoms with Crippen LogP contribution >= 0.6 is 23.1 Å². The van der Waals surface area contributed by atoms with Gasteiger partial charge in [-0.1, -0.05) is 29.8 Å². The Morgan fingerprint density at radius 1 is 1.11 bits per heavy atom. The number of thioether (sulfide) groups is 1. The van der Waals surface area contributed by atoms with E-state index in [1.54, 1.807) is 17.5 Å². The van der Waals surface area contributed by atoms with Crippen LogP contribution in [-0.2, 0) is 16.0 Å². The molecule has 0 fully saturated rings. The lowest BCUT2D eigenvalue weighted by molar-refractivity contribution is -0.127. The second kappa shape index (κ2) is 9.48. The van der Waals surface area contributed by atoms with E-state index < -0.39 is 0 Å². The molecule has 2 aromatic carbocycles. The molecule has 2 N–H and O–H groups in total. The first-order valence-electron chi connectivity index (χ1n) is 8.47. The number of hydrazine groups is 1. The van der Waals surface area contributed by atoms with Crippen molar-refractivity contribution in [3.8, 4) is 10.6 Å². The van der Waals surface area contributed by atoms with Crippen molar-refractivity contribution in [1.82, 2.24) is 15.8 Å². The SMILES string of the molecule is Cc1ccc(SCC(=O)NNC(=O)Cc2csc(-c3cccc(F)c3)n2)cc1. The van der Waals surface area contributed by atoms with Crippen LogP contribution < -0.4 is 10.9 Å². The zero-order valence-corrected chi connectivity index (χ0v) is 16.7. The Morgan fingerprint density at radius 3 is 2.61 bits per heavy atom. The van der Waals surface area contributed by atoms with Gasteiger partial charge in [-0.15, -0.1) is 23.1 Å². The second-order valence-corrected chi connectivity index (χ2v) is 7.94. The molecule has 3 rings (SSSR count). The molecule has 0 aliphatic carbocycles. The fraction of sp³-hybridized carbons (Fsp3) is 0.150. The number of rotatable bonds is 6. The third kappa shape index (κ3) is 5.90. The first kappa shape index (κ1) is 20.0. The summed E-state index contributed by atoms with van der Waals surface area (Å²) in [6.45, 7) is 2.00. The summed E-state index contributed by atoms with van der Waals surface area (Å²) in [6.07, 6.45) is 0.0250. The first-order valence-corrected chi connectivity index (χ1v) is 10.3. The second-order valence-electron chi connectivity index (χ2n) is 6.03. The maximum absolute atomic E-state index is 13.3. The zero-order valence-electron chi connectivity index (χ0n) is 15.1. The average molecular weight is 416 g/mol. The van der Waals surface area contributed by atoms with Gasteiger partial charge >= 0.3 is 0 Å². The van der Waals surface area contributed by atoms with E-state index >= 15 is 0 Å². The summed E-state index contributed by atoms with van der Waals surface area (Å²) in [6, 6.07) is 14.0. The van der Waals surface area contributed by atoms with Crippen LogP contribution in [0.2, 0.25) is 0 Å². The summed E-state index contributed by atoms with van der Waals surface area (Å²) in [7, 11) is 0. The highest BCUT2D eigenvalue weighted by atomic mass is 32.2. The molecule has 1 heterocycles. The first-order chi connectivity index (χ1) is 13.5. The maximum Gasteiger partial charge on any atom is 0.248 e. The molecule has 1 aromatic heterocycles. The van der Waals surface area contributed by atoms with Crippen LogP contribution in [0.4, 0.5) is 4.39 Å². The average Bonchev–Trinajstić information content (AvgIpc) is 3.14. The molecule has 5 nitrogen and oxygen atoms in total. The van der Waals surface area contributed by atoms with Gasteiger partial charge in [-0.05, 0) is 31.2 Å². The van der Waals surface area contributed by atoms with E-state index in [-0.39, 0.29) is 29.8 Å². The molecule has 144 valence electrons. The van der Waals surface area contributed by atoms with E-state index in [0.717, 1.165) is 10.5 Å². The van der Waals surface area contributed by atoms with Gasteiger partial charge in [0.15, 0.2) is 0 Å². The number of nitrogens with zero attached hydrogens (tertiary/aromatic N) is 1. The normalized spacial score (nSPS) is 10.5. The predicted octanol–water partition coefficient (Wildman–Crippen LogP) is 3.74. The van der Waals surface area contributed by atoms with Gasteiger partial charge in [-0.25, -0.2) is 9.37 Å². The molecule has 28 heavy (non-hydrogen) atoms. The van der Waals surface area contributed by atoms with Gasteiger partial charge in [0.2, 0.25) is 11.8 Å². The summed E-state index contributed by atoms with van der Waals surface area (Å²) >= 11 is 2.73. The standard InChI is InChI=1S/C20H18FN3O2S2/c1-13-5-7-17(8-6-13)27-12-19(26)24-23-18(25)10-16-11-28-20(22-16)14-3-2-4-15(21)9-14/h2-9,11H,10,12H2,1H3,(H,23,25)(H,24,26). The number of carbonyl (C=O) groups is 2. The van der Waals surface area contributed by atoms with E-state index in [1.165, 1.54) is 35.2 Å². The molecular formula is C20H18FN3O2S2. The van der Waals surface area contributed by atoms with Crippen LogP contribution in [0.15, 0.2) is 58.8 Å². The van der Waals surface area contributed by atoms with E-state index in [9.17, 15) is 14.0 Å². The van der Waals surface area contributed by atoms with Gasteiger partial charge in [0.05, 0.1) is 17.9 Å². The van der Waals surface area contributed by atoms with Crippen LogP contribution in [0.5, 0.6) is 0 Å². The summed E-state index contributed by atoms with van der Waals surface area (Å²) in [4.78, 5) is 29.2. The highest BCUT2D eigenvalue weighted by molar-refractivity contribution is 8.00. The van der Waals surface area contributed by atoms with Gasteiger partial charge in [0.1, 0.15) is 10.8 Å². The van der Waals surface area contributed by atoms with Crippen molar-refractivity contribution in [2.75, 3.05) is 5.75 Å². The minimum atomic E-state index is -0.371. The molecule has 0 unspecified atom stereocenters. The van der Waals surface area contributed by atoms with Crippen LogP contribution in [0.3, 0.4) is 0 Å². The third-order valence-corrected chi connectivity index (χ3v) is 5.65. The van der Waals surface area contributed by atoms with Crippen molar-refractivity contribution >= 4 is 34.9 Å². The predicted molar refractivity (Wildman–Crippen MR) is 109 cm³/mol. The Morgan fingerprint density at radius 2 is 1.86 bits per heavy atom. The number of thiazole rings is 1. The molecule has 0 saturated heterocycles. The number of hydrogen-bond donors (Lipinski definition) is 2. The fourth-order valence-corrected chi connectivity index (χ4v) is 3.83. The lowest BCUT2D eigenvalue weighted by atomic mass is 10.2. The minimum absolute atomic E-state index is 0.0250. The third-order valence-electron chi connectivity index (χ3n) is 3.70. The van der Waals surface area contributed by atoms with Crippen LogP contribution in [-0.4, -0.2) is 22.6 Å². The van der Waals surface area contributed by atoms with E-state index in [4.69, 9.17) is 0 Å². The molecular weight excluding hydrogens is 397 g/mol. The van der Waals surface area contributed by atoms with Crippen LogP contribution in [0.1, 0.15) is 11.3 Å². The van der Waals surface area contributed by atoms with E-state index in [2.05, 4.69) is 15.8 Å². The highest BCUT2D eigenvalue weighted by Gasteiger charge is 2.11. The summed E-state index contributed by atoms with van der Waals surface area (Å²) in [5.74, 6) is -0.801.